The molecule has 2 rings (SSSR count). The van der Waals surface area contributed by atoms with Gasteiger partial charge in [0.15, 0.2) is 6.29 Å². The van der Waals surface area contributed by atoms with Crippen molar-refractivity contribution in [3.05, 3.63) is 42.0 Å². The largest absolute Gasteiger partial charge is 0.298 e. The Labute approximate surface area is 92.3 Å². The Hall–Kier alpha value is -1.72. The molecule has 0 aliphatic rings. The summed E-state index contributed by atoms with van der Waals surface area (Å²) in [6.07, 6.45) is 0.649. The normalized spacial score (nSPS) is 11.6. The van der Waals surface area contributed by atoms with Gasteiger partial charge in [-0.25, -0.2) is 0 Å². The van der Waals surface area contributed by atoms with Crippen LogP contribution in [0.25, 0.3) is 10.8 Å². The van der Waals surface area contributed by atoms with Crippen molar-refractivity contribution in [2.24, 2.45) is 0 Å². The van der Waals surface area contributed by atoms with Gasteiger partial charge in [0.1, 0.15) is 4.90 Å². The summed E-state index contributed by atoms with van der Waals surface area (Å²) in [5.41, 5.74) is 0.392. The Morgan fingerprint density at radius 1 is 1.00 bits per heavy atom. The smallest absolute Gasteiger partial charge is 0.295 e. The third-order valence-electron chi connectivity index (χ3n) is 2.32. The highest BCUT2D eigenvalue weighted by atomic mass is 32.2. The maximum Gasteiger partial charge on any atom is 0.295 e. The SMILES string of the molecule is O=Cc1ccc(S(=O)(=O)O)c2ccccc12. The molecule has 82 valence electrons. The number of aldehydes is 1. The molecule has 0 unspecified atom stereocenters. The maximum atomic E-state index is 11.1. The van der Waals surface area contributed by atoms with E-state index in [0.717, 1.165) is 0 Å². The van der Waals surface area contributed by atoms with Crippen LogP contribution in [-0.2, 0) is 10.1 Å². The molecule has 2 aromatic rings. The second-order valence-corrected chi connectivity index (χ2v) is 4.68. The van der Waals surface area contributed by atoms with E-state index in [-0.39, 0.29) is 4.90 Å². The van der Waals surface area contributed by atoms with Gasteiger partial charge < -0.3 is 0 Å². The molecule has 0 aliphatic heterocycles. The third-order valence-corrected chi connectivity index (χ3v) is 3.23. The maximum absolute atomic E-state index is 11.1. The van der Waals surface area contributed by atoms with Crippen LogP contribution in [0.3, 0.4) is 0 Å². The molecule has 0 fully saturated rings. The molecule has 1 N–H and O–H groups in total. The lowest BCUT2D eigenvalue weighted by molar-refractivity contribution is 0.112. The average Bonchev–Trinajstić information content (AvgIpc) is 2.26. The molecule has 0 amide bonds. The first-order chi connectivity index (χ1) is 7.54. The topological polar surface area (TPSA) is 71.4 Å². The number of rotatable bonds is 2. The average molecular weight is 236 g/mol. The monoisotopic (exact) mass is 236 g/mol. The highest BCUT2D eigenvalue weighted by Gasteiger charge is 2.14. The number of carbonyl (C=O) groups is 1. The van der Waals surface area contributed by atoms with Crippen LogP contribution in [0.2, 0.25) is 0 Å². The number of hydrogen-bond donors (Lipinski definition) is 1. The highest BCUT2D eigenvalue weighted by Crippen LogP contribution is 2.25. The van der Waals surface area contributed by atoms with E-state index >= 15 is 0 Å². The first kappa shape index (κ1) is 10.8. The fourth-order valence-electron chi connectivity index (χ4n) is 1.62. The molecule has 0 heterocycles. The predicted octanol–water partition coefficient (Wildman–Crippen LogP) is 1.90. The summed E-state index contributed by atoms with van der Waals surface area (Å²) in [6, 6.07) is 9.12. The minimum atomic E-state index is -4.27. The summed E-state index contributed by atoms with van der Waals surface area (Å²) in [6.45, 7) is 0. The van der Waals surface area contributed by atoms with E-state index in [1.54, 1.807) is 24.3 Å². The van der Waals surface area contributed by atoms with Gasteiger partial charge in [0.2, 0.25) is 0 Å². The van der Waals surface area contributed by atoms with Gasteiger partial charge in [-0.2, -0.15) is 8.42 Å². The fraction of sp³-hybridized carbons (Fsp3) is 0. The minimum absolute atomic E-state index is 0.186. The Kier molecular flexibility index (Phi) is 2.49. The molecule has 0 bridgehead atoms. The second kappa shape index (κ2) is 3.70. The number of fused-ring (bicyclic) bond motifs is 1. The molecule has 0 atom stereocenters. The van der Waals surface area contributed by atoms with Crippen molar-refractivity contribution in [3.8, 4) is 0 Å². The van der Waals surface area contributed by atoms with Gasteiger partial charge in [0, 0.05) is 10.9 Å². The quantitative estimate of drug-likeness (QED) is 0.638. The first-order valence-corrected chi connectivity index (χ1v) is 5.92. The fourth-order valence-corrected chi connectivity index (χ4v) is 2.32. The molecule has 0 aromatic heterocycles. The van der Waals surface area contributed by atoms with Gasteiger partial charge in [-0.1, -0.05) is 24.3 Å². The Bertz CT molecular complexity index is 659. The van der Waals surface area contributed by atoms with Crippen molar-refractivity contribution in [1.82, 2.24) is 0 Å². The van der Waals surface area contributed by atoms with Crippen molar-refractivity contribution >= 4 is 27.2 Å². The summed E-state index contributed by atoms with van der Waals surface area (Å²) in [7, 11) is -4.27. The lowest BCUT2D eigenvalue weighted by Crippen LogP contribution is -2.00. The summed E-state index contributed by atoms with van der Waals surface area (Å²) >= 11 is 0. The zero-order chi connectivity index (χ0) is 11.8. The van der Waals surface area contributed by atoms with E-state index in [2.05, 4.69) is 0 Å². The molecular formula is C11H8O4S. The van der Waals surface area contributed by atoms with Crippen LogP contribution in [-0.4, -0.2) is 19.3 Å². The molecule has 0 radical (unpaired) electrons. The van der Waals surface area contributed by atoms with Crippen LogP contribution >= 0.6 is 0 Å². The van der Waals surface area contributed by atoms with Crippen molar-refractivity contribution < 1.29 is 17.8 Å². The number of hydrogen-bond acceptors (Lipinski definition) is 3. The van der Waals surface area contributed by atoms with Gasteiger partial charge in [-0.15, -0.1) is 0 Å². The van der Waals surface area contributed by atoms with Crippen molar-refractivity contribution in [2.45, 2.75) is 4.90 Å². The highest BCUT2D eigenvalue weighted by molar-refractivity contribution is 7.86. The van der Waals surface area contributed by atoms with Crippen molar-refractivity contribution in [1.29, 1.82) is 0 Å². The Balaban J connectivity index is 2.96. The lowest BCUT2D eigenvalue weighted by atomic mass is 10.1. The molecule has 16 heavy (non-hydrogen) atoms. The molecule has 0 saturated carbocycles. The van der Waals surface area contributed by atoms with Crippen molar-refractivity contribution in [2.75, 3.05) is 0 Å². The zero-order valence-corrected chi connectivity index (χ0v) is 8.94. The Morgan fingerprint density at radius 3 is 2.19 bits per heavy atom. The van der Waals surface area contributed by atoms with Crippen LogP contribution < -0.4 is 0 Å². The van der Waals surface area contributed by atoms with Gasteiger partial charge in [0.25, 0.3) is 10.1 Å². The van der Waals surface area contributed by atoms with E-state index in [1.165, 1.54) is 12.1 Å². The summed E-state index contributed by atoms with van der Waals surface area (Å²) in [5.74, 6) is 0. The van der Waals surface area contributed by atoms with E-state index in [1.807, 2.05) is 0 Å². The molecule has 2 aromatic carbocycles. The molecule has 4 nitrogen and oxygen atoms in total. The molecular weight excluding hydrogens is 228 g/mol. The lowest BCUT2D eigenvalue weighted by Gasteiger charge is -2.05. The van der Waals surface area contributed by atoms with Crippen LogP contribution in [0.15, 0.2) is 41.3 Å². The predicted molar refractivity (Wildman–Crippen MR) is 59.2 cm³/mol. The number of carbonyl (C=O) groups excluding carboxylic acids is 1. The molecule has 0 aliphatic carbocycles. The van der Waals surface area contributed by atoms with Crippen LogP contribution in [0, 0.1) is 0 Å². The second-order valence-electron chi connectivity index (χ2n) is 3.29. The van der Waals surface area contributed by atoms with Crippen LogP contribution in [0.1, 0.15) is 10.4 Å². The number of benzene rings is 2. The third kappa shape index (κ3) is 1.70. The van der Waals surface area contributed by atoms with E-state index in [4.69, 9.17) is 4.55 Å². The van der Waals surface area contributed by atoms with Crippen molar-refractivity contribution in [3.63, 3.8) is 0 Å². The van der Waals surface area contributed by atoms with E-state index < -0.39 is 10.1 Å². The van der Waals surface area contributed by atoms with Crippen LogP contribution in [0.4, 0.5) is 0 Å². The van der Waals surface area contributed by atoms with Gasteiger partial charge in [-0.3, -0.25) is 9.35 Å². The summed E-state index contributed by atoms with van der Waals surface area (Å²) in [4.78, 5) is 10.6. The molecule has 5 heteroatoms. The van der Waals surface area contributed by atoms with Gasteiger partial charge >= 0.3 is 0 Å². The van der Waals surface area contributed by atoms with Gasteiger partial charge in [0.05, 0.1) is 0 Å². The first-order valence-electron chi connectivity index (χ1n) is 4.48. The summed E-state index contributed by atoms with van der Waals surface area (Å²) in [5, 5.41) is 0.849. The molecule has 0 saturated heterocycles. The zero-order valence-electron chi connectivity index (χ0n) is 8.12. The van der Waals surface area contributed by atoms with Crippen LogP contribution in [0.5, 0.6) is 0 Å². The Morgan fingerprint density at radius 2 is 1.62 bits per heavy atom. The van der Waals surface area contributed by atoms with E-state index in [9.17, 15) is 13.2 Å². The minimum Gasteiger partial charge on any atom is -0.298 e. The molecule has 0 spiro atoms. The standard InChI is InChI=1S/C11H8O4S/c12-7-8-5-6-11(16(13,14)15)10-4-2-1-3-9(8)10/h1-7H,(H,13,14,15). The van der Waals surface area contributed by atoms with E-state index in [0.29, 0.717) is 22.6 Å². The van der Waals surface area contributed by atoms with Gasteiger partial charge in [-0.05, 0) is 17.5 Å². The summed E-state index contributed by atoms with van der Waals surface area (Å²) < 4.78 is 31.3.